The Bertz CT molecular complexity index is 103. The van der Waals surface area contributed by atoms with E-state index < -0.39 is 0 Å². The predicted molar refractivity (Wildman–Crippen MR) is 43.1 cm³/mol. The average Bonchev–Trinajstić information content (AvgIpc) is 2.87. The number of aliphatic hydroxyl groups excluding tert-OH is 1. The summed E-state index contributed by atoms with van der Waals surface area (Å²) < 4.78 is 15.3. The van der Waals surface area contributed by atoms with Gasteiger partial charge in [-0.3, -0.25) is 0 Å². The van der Waals surface area contributed by atoms with E-state index in [0.717, 1.165) is 6.61 Å². The second kappa shape index (κ2) is 6.37. The Kier molecular flexibility index (Phi) is 5.27. The maximum Gasteiger partial charge on any atom is 0.104 e. The smallest absolute Gasteiger partial charge is 0.104 e. The van der Waals surface area contributed by atoms with Crippen molar-refractivity contribution in [2.45, 2.75) is 12.5 Å². The van der Waals surface area contributed by atoms with Crippen molar-refractivity contribution in [1.29, 1.82) is 0 Å². The fraction of sp³-hybridized carbons (Fsp3) is 1.00. The molecule has 0 amide bonds. The molecule has 0 aromatic heterocycles. The third-order valence-electron chi connectivity index (χ3n) is 1.52. The van der Waals surface area contributed by atoms with Crippen molar-refractivity contribution in [3.63, 3.8) is 0 Å². The second-order valence-electron chi connectivity index (χ2n) is 2.72. The van der Waals surface area contributed by atoms with Gasteiger partial charge in [-0.2, -0.15) is 0 Å². The van der Waals surface area contributed by atoms with E-state index in [1.165, 1.54) is 0 Å². The molecule has 0 radical (unpaired) electrons. The lowest BCUT2D eigenvalue weighted by molar-refractivity contribution is 0.0373. The normalized spacial score (nSPS) is 21.2. The first-order valence-electron chi connectivity index (χ1n) is 4.31. The molecule has 72 valence electrons. The fourth-order valence-corrected chi connectivity index (χ4v) is 0.766. The summed E-state index contributed by atoms with van der Waals surface area (Å²) in [6.45, 7) is 3.54. The van der Waals surface area contributed by atoms with Gasteiger partial charge in [0.15, 0.2) is 0 Å². The van der Waals surface area contributed by atoms with E-state index in [4.69, 9.17) is 19.3 Å². The van der Waals surface area contributed by atoms with E-state index in [9.17, 15) is 0 Å². The maximum atomic E-state index is 8.42. The highest BCUT2D eigenvalue weighted by Crippen LogP contribution is 2.07. The zero-order valence-electron chi connectivity index (χ0n) is 7.20. The molecule has 1 fully saturated rings. The minimum absolute atomic E-state index is 0.191. The summed E-state index contributed by atoms with van der Waals surface area (Å²) in [5.74, 6) is 0. The molecule has 4 nitrogen and oxygen atoms in total. The Morgan fingerprint density at radius 3 is 2.67 bits per heavy atom. The fourth-order valence-electron chi connectivity index (χ4n) is 0.766. The zero-order chi connectivity index (χ0) is 8.65. The van der Waals surface area contributed by atoms with Crippen molar-refractivity contribution in [3.05, 3.63) is 0 Å². The molecular weight excluding hydrogens is 160 g/mol. The van der Waals surface area contributed by atoms with Gasteiger partial charge in [0.25, 0.3) is 0 Å². The van der Waals surface area contributed by atoms with Crippen LogP contribution in [0.4, 0.5) is 0 Å². The van der Waals surface area contributed by atoms with Gasteiger partial charge in [-0.15, -0.1) is 0 Å². The van der Waals surface area contributed by atoms with Crippen molar-refractivity contribution < 1.29 is 19.3 Å². The van der Waals surface area contributed by atoms with Gasteiger partial charge in [0.2, 0.25) is 0 Å². The lowest BCUT2D eigenvalue weighted by atomic mass is 10.5. The van der Waals surface area contributed by atoms with E-state index in [0.29, 0.717) is 39.0 Å². The van der Waals surface area contributed by atoms with Crippen LogP contribution in [0.3, 0.4) is 0 Å². The average molecular weight is 176 g/mol. The molecule has 0 aromatic carbocycles. The lowest BCUT2D eigenvalue weighted by Gasteiger charge is -2.02. The standard InChI is InChI=1S/C8H16O4/c9-2-1-3-10-4-5-11-6-8-7-12-8/h8-9H,1-7H2. The minimum atomic E-state index is 0.191. The van der Waals surface area contributed by atoms with Crippen LogP contribution in [0.1, 0.15) is 6.42 Å². The van der Waals surface area contributed by atoms with Crippen LogP contribution in [-0.4, -0.2) is 50.9 Å². The first kappa shape index (κ1) is 9.92. The minimum Gasteiger partial charge on any atom is -0.396 e. The lowest BCUT2D eigenvalue weighted by Crippen LogP contribution is -2.09. The molecule has 0 saturated carbocycles. The number of epoxide rings is 1. The molecule has 0 aliphatic carbocycles. The zero-order valence-corrected chi connectivity index (χ0v) is 7.20. The van der Waals surface area contributed by atoms with Gasteiger partial charge < -0.3 is 19.3 Å². The first-order valence-corrected chi connectivity index (χ1v) is 4.31. The largest absolute Gasteiger partial charge is 0.396 e. The van der Waals surface area contributed by atoms with Gasteiger partial charge in [0, 0.05) is 13.2 Å². The summed E-state index contributed by atoms with van der Waals surface area (Å²) >= 11 is 0. The molecule has 1 unspecified atom stereocenters. The molecule has 1 saturated heterocycles. The summed E-state index contributed by atoms with van der Waals surface area (Å²) in [4.78, 5) is 0. The number of hydrogen-bond donors (Lipinski definition) is 1. The summed E-state index contributed by atoms with van der Waals surface area (Å²) in [5.41, 5.74) is 0. The summed E-state index contributed by atoms with van der Waals surface area (Å²) in [5, 5.41) is 8.42. The summed E-state index contributed by atoms with van der Waals surface area (Å²) in [6, 6.07) is 0. The number of rotatable bonds is 8. The topological polar surface area (TPSA) is 51.2 Å². The highest BCUT2D eigenvalue weighted by Gasteiger charge is 2.21. The Hall–Kier alpha value is -0.160. The van der Waals surface area contributed by atoms with Crippen LogP contribution in [0.25, 0.3) is 0 Å². The van der Waals surface area contributed by atoms with Crippen LogP contribution in [0.2, 0.25) is 0 Å². The number of hydrogen-bond acceptors (Lipinski definition) is 4. The van der Waals surface area contributed by atoms with Gasteiger partial charge >= 0.3 is 0 Å². The maximum absolute atomic E-state index is 8.42. The van der Waals surface area contributed by atoms with E-state index in [1.807, 2.05) is 0 Å². The number of ether oxygens (including phenoxy) is 3. The van der Waals surface area contributed by atoms with E-state index >= 15 is 0 Å². The molecule has 1 rings (SSSR count). The van der Waals surface area contributed by atoms with E-state index in [2.05, 4.69) is 0 Å². The van der Waals surface area contributed by atoms with E-state index in [1.54, 1.807) is 0 Å². The second-order valence-corrected chi connectivity index (χ2v) is 2.72. The highest BCUT2D eigenvalue weighted by atomic mass is 16.6. The predicted octanol–water partition coefficient (Wildman–Crippen LogP) is -0.199. The first-order chi connectivity index (χ1) is 5.93. The molecule has 1 atom stereocenters. The Morgan fingerprint density at radius 1 is 1.25 bits per heavy atom. The van der Waals surface area contributed by atoms with Crippen LogP contribution >= 0.6 is 0 Å². The quantitative estimate of drug-likeness (QED) is 0.411. The van der Waals surface area contributed by atoms with E-state index in [-0.39, 0.29) is 6.61 Å². The molecule has 1 heterocycles. The van der Waals surface area contributed by atoms with Gasteiger partial charge in [-0.25, -0.2) is 0 Å². The molecular formula is C8H16O4. The van der Waals surface area contributed by atoms with Crippen molar-refractivity contribution in [1.82, 2.24) is 0 Å². The Labute approximate surface area is 72.4 Å². The van der Waals surface area contributed by atoms with Crippen LogP contribution in [0.5, 0.6) is 0 Å². The molecule has 1 aliphatic heterocycles. The summed E-state index contributed by atoms with van der Waals surface area (Å²) in [6.07, 6.45) is 1.04. The van der Waals surface area contributed by atoms with Crippen molar-refractivity contribution >= 4 is 0 Å². The molecule has 4 heteroatoms. The molecule has 1 aliphatic rings. The Morgan fingerprint density at radius 2 is 2.00 bits per heavy atom. The molecule has 12 heavy (non-hydrogen) atoms. The SMILES string of the molecule is OCCCOCCOCC1CO1. The van der Waals surface area contributed by atoms with Gasteiger partial charge in [0.1, 0.15) is 6.10 Å². The number of aliphatic hydroxyl groups is 1. The van der Waals surface area contributed by atoms with Crippen LogP contribution in [-0.2, 0) is 14.2 Å². The monoisotopic (exact) mass is 176 g/mol. The van der Waals surface area contributed by atoms with Crippen LogP contribution < -0.4 is 0 Å². The van der Waals surface area contributed by atoms with Gasteiger partial charge in [0.05, 0.1) is 26.4 Å². The molecule has 0 bridgehead atoms. The summed E-state index contributed by atoms with van der Waals surface area (Å²) in [7, 11) is 0. The molecule has 1 N–H and O–H groups in total. The molecule has 0 aromatic rings. The van der Waals surface area contributed by atoms with Crippen molar-refractivity contribution in [2.24, 2.45) is 0 Å². The van der Waals surface area contributed by atoms with Crippen LogP contribution in [0.15, 0.2) is 0 Å². The van der Waals surface area contributed by atoms with Crippen LogP contribution in [0, 0.1) is 0 Å². The third-order valence-corrected chi connectivity index (χ3v) is 1.52. The Balaban J connectivity index is 1.65. The third kappa shape index (κ3) is 5.49. The van der Waals surface area contributed by atoms with Crippen molar-refractivity contribution in [3.8, 4) is 0 Å². The van der Waals surface area contributed by atoms with Gasteiger partial charge in [-0.05, 0) is 6.42 Å². The highest BCUT2D eigenvalue weighted by molar-refractivity contribution is 4.66. The van der Waals surface area contributed by atoms with Gasteiger partial charge in [-0.1, -0.05) is 0 Å². The molecule has 0 spiro atoms. The van der Waals surface area contributed by atoms with Crippen molar-refractivity contribution in [2.75, 3.05) is 39.6 Å².